The average Bonchev–Trinajstić information content (AvgIpc) is 2.79. The van der Waals surface area contributed by atoms with Gasteiger partial charge in [0.25, 0.3) is 0 Å². The molecular formula is C13H13N3S. The van der Waals surface area contributed by atoms with Crippen LogP contribution >= 0.6 is 0 Å². The number of nitriles is 1. The predicted octanol–water partition coefficient (Wildman–Crippen LogP) is 1.94. The normalized spacial score (nSPS) is 8.65. The summed E-state index contributed by atoms with van der Waals surface area (Å²) in [5.41, 5.74) is 1.30. The molecule has 0 amide bonds. The molecule has 86 valence electrons. The van der Waals surface area contributed by atoms with Crippen LogP contribution in [0.1, 0.15) is 5.56 Å². The molecule has 3 nitrogen and oxygen atoms in total. The Bertz CT molecular complexity index is 497. The summed E-state index contributed by atoms with van der Waals surface area (Å²) in [7, 11) is 0. The zero-order chi connectivity index (χ0) is 12.5. The second-order valence-electron chi connectivity index (χ2n) is 3.29. The van der Waals surface area contributed by atoms with Gasteiger partial charge in [0, 0.05) is 0 Å². The van der Waals surface area contributed by atoms with Crippen LogP contribution in [0.15, 0.2) is 55.6 Å². The van der Waals surface area contributed by atoms with E-state index >= 15 is 0 Å². The summed E-state index contributed by atoms with van der Waals surface area (Å²) in [4.78, 5) is 0. The van der Waals surface area contributed by atoms with E-state index in [9.17, 15) is 0 Å². The number of aromatic nitrogens is 2. The predicted molar refractivity (Wildman–Crippen MR) is 69.5 cm³/mol. The number of hydrogen-bond donors (Lipinski definition) is 0. The lowest BCUT2D eigenvalue weighted by molar-refractivity contribution is -0.687. The molecule has 0 radical (unpaired) electrons. The number of thiocyanates is 1. The van der Waals surface area contributed by atoms with Crippen molar-refractivity contribution in [3.05, 3.63) is 61.2 Å². The van der Waals surface area contributed by atoms with E-state index < -0.39 is 0 Å². The minimum atomic E-state index is 0.904. The maximum absolute atomic E-state index is 7.13. The lowest BCUT2D eigenvalue weighted by atomic mass is 10.2. The molecule has 1 aromatic carbocycles. The van der Waals surface area contributed by atoms with Crippen LogP contribution in [0.25, 0.3) is 6.20 Å². The van der Waals surface area contributed by atoms with E-state index in [1.54, 1.807) is 6.20 Å². The van der Waals surface area contributed by atoms with Gasteiger partial charge < -0.3 is 12.6 Å². The second kappa shape index (κ2) is 7.20. The maximum atomic E-state index is 7.13. The van der Waals surface area contributed by atoms with Gasteiger partial charge in [0.1, 0.15) is 18.9 Å². The molecule has 2 rings (SSSR count). The fourth-order valence-corrected chi connectivity index (χ4v) is 1.41. The number of benzene rings is 1. The summed E-state index contributed by atoms with van der Waals surface area (Å²) >= 11 is 3.70. The molecule has 2 aromatic rings. The first-order valence-corrected chi connectivity index (χ1v) is 5.45. The summed E-state index contributed by atoms with van der Waals surface area (Å²) in [6.07, 6.45) is 7.81. The Morgan fingerprint density at radius 3 is 2.59 bits per heavy atom. The van der Waals surface area contributed by atoms with Crippen molar-refractivity contribution >= 4 is 18.8 Å². The number of nitrogens with zero attached hydrogens (tertiary/aromatic N) is 3. The van der Waals surface area contributed by atoms with Gasteiger partial charge in [0.05, 0.1) is 6.20 Å². The Labute approximate surface area is 107 Å². The quantitative estimate of drug-likeness (QED) is 0.469. The Balaban J connectivity index is 0.000000437. The monoisotopic (exact) mass is 243 g/mol. The summed E-state index contributed by atoms with van der Waals surface area (Å²) in [6, 6.07) is 10.4. The minimum Gasteiger partial charge on any atom is -0.696 e. The highest BCUT2D eigenvalue weighted by atomic mass is 32.1. The molecule has 0 aliphatic carbocycles. The molecule has 0 atom stereocenters. The van der Waals surface area contributed by atoms with Crippen LogP contribution in [-0.4, -0.2) is 4.57 Å². The van der Waals surface area contributed by atoms with Crippen LogP contribution in [0.3, 0.4) is 0 Å². The topological polar surface area (TPSA) is 32.6 Å². The Kier molecular flexibility index (Phi) is 5.49. The van der Waals surface area contributed by atoms with Crippen molar-refractivity contribution in [3.63, 3.8) is 0 Å². The van der Waals surface area contributed by atoms with Crippen molar-refractivity contribution in [3.8, 4) is 5.40 Å². The lowest BCUT2D eigenvalue weighted by Crippen LogP contribution is -2.31. The van der Waals surface area contributed by atoms with Gasteiger partial charge in [-0.05, 0) is 5.56 Å². The molecule has 0 aliphatic heterocycles. The SMILES string of the molecule is C=Cn1cc[n+](Cc2ccccc2)c1.N#C[S-]. The molecule has 0 saturated heterocycles. The van der Waals surface area contributed by atoms with Crippen molar-refractivity contribution in [1.82, 2.24) is 4.57 Å². The molecule has 0 saturated carbocycles. The molecule has 0 bridgehead atoms. The van der Waals surface area contributed by atoms with Crippen LogP contribution in [0.5, 0.6) is 0 Å². The number of hydrogen-bond acceptors (Lipinski definition) is 2. The van der Waals surface area contributed by atoms with Gasteiger partial charge in [-0.2, -0.15) is 0 Å². The van der Waals surface area contributed by atoms with E-state index in [0.29, 0.717) is 0 Å². The zero-order valence-corrected chi connectivity index (χ0v) is 10.2. The van der Waals surface area contributed by atoms with Gasteiger partial charge in [0.2, 0.25) is 6.33 Å². The van der Waals surface area contributed by atoms with Crippen LogP contribution in [0.2, 0.25) is 0 Å². The van der Waals surface area contributed by atoms with Crippen molar-refractivity contribution in [2.24, 2.45) is 0 Å². The van der Waals surface area contributed by atoms with Gasteiger partial charge in [0.15, 0.2) is 0 Å². The molecule has 17 heavy (non-hydrogen) atoms. The van der Waals surface area contributed by atoms with E-state index in [1.165, 1.54) is 11.0 Å². The molecule has 1 heterocycles. The largest absolute Gasteiger partial charge is 0.696 e. The zero-order valence-electron chi connectivity index (χ0n) is 9.36. The lowest BCUT2D eigenvalue weighted by Gasteiger charge is -1.95. The van der Waals surface area contributed by atoms with Gasteiger partial charge in [-0.25, -0.2) is 14.4 Å². The molecule has 0 unspecified atom stereocenters. The third kappa shape index (κ3) is 4.49. The van der Waals surface area contributed by atoms with Gasteiger partial charge in [-0.15, -0.1) is 0 Å². The molecule has 0 fully saturated rings. The fourth-order valence-electron chi connectivity index (χ4n) is 1.41. The van der Waals surface area contributed by atoms with Crippen molar-refractivity contribution < 1.29 is 4.57 Å². The van der Waals surface area contributed by atoms with Crippen LogP contribution < -0.4 is 4.57 Å². The van der Waals surface area contributed by atoms with E-state index in [-0.39, 0.29) is 0 Å². The van der Waals surface area contributed by atoms with Gasteiger partial charge in [-0.1, -0.05) is 42.3 Å². The smallest absolute Gasteiger partial charge is 0.248 e. The van der Waals surface area contributed by atoms with Gasteiger partial charge in [-0.3, -0.25) is 0 Å². The number of imidazole rings is 1. The third-order valence-electron chi connectivity index (χ3n) is 2.13. The highest BCUT2D eigenvalue weighted by molar-refractivity contribution is 7.64. The molecule has 0 N–H and O–H groups in total. The first-order chi connectivity index (χ1) is 8.30. The fraction of sp³-hybridized carbons (Fsp3) is 0.0769. The standard InChI is InChI=1S/C12H13N2.CHNS/c1-2-13-8-9-14(11-13)10-12-6-4-3-5-7-12;2-1-3/h2-9,11H,1,10H2;3H/q+1;/p-1. The van der Waals surface area contributed by atoms with Crippen molar-refractivity contribution in [1.29, 1.82) is 5.26 Å². The molecular weight excluding hydrogens is 230 g/mol. The molecule has 0 aliphatic rings. The van der Waals surface area contributed by atoms with E-state index in [4.69, 9.17) is 5.26 Å². The third-order valence-corrected chi connectivity index (χ3v) is 2.13. The Morgan fingerprint density at radius 2 is 2.06 bits per heavy atom. The maximum Gasteiger partial charge on any atom is 0.248 e. The van der Waals surface area contributed by atoms with Crippen LogP contribution in [0.4, 0.5) is 0 Å². The van der Waals surface area contributed by atoms with E-state index in [0.717, 1.165) is 6.54 Å². The van der Waals surface area contributed by atoms with Crippen LogP contribution in [0, 0.1) is 10.7 Å². The number of rotatable bonds is 3. The Morgan fingerprint density at radius 1 is 1.41 bits per heavy atom. The summed E-state index contributed by atoms with van der Waals surface area (Å²) in [5, 5.41) is 8.47. The molecule has 0 spiro atoms. The van der Waals surface area contributed by atoms with E-state index in [1.807, 2.05) is 29.4 Å². The first kappa shape index (κ1) is 12.9. The first-order valence-electron chi connectivity index (χ1n) is 5.04. The highest BCUT2D eigenvalue weighted by Gasteiger charge is 2.00. The molecule has 1 aromatic heterocycles. The molecule has 4 heteroatoms. The summed E-state index contributed by atoms with van der Waals surface area (Å²) < 4.78 is 4.06. The van der Waals surface area contributed by atoms with Crippen LogP contribution in [-0.2, 0) is 19.2 Å². The van der Waals surface area contributed by atoms with Crippen molar-refractivity contribution in [2.75, 3.05) is 0 Å². The minimum absolute atomic E-state index is 0.904. The second-order valence-corrected chi connectivity index (χ2v) is 3.48. The van der Waals surface area contributed by atoms with Crippen molar-refractivity contribution in [2.45, 2.75) is 6.54 Å². The van der Waals surface area contributed by atoms with E-state index in [2.05, 4.69) is 48.0 Å². The Hall–Kier alpha value is -2.12. The summed E-state index contributed by atoms with van der Waals surface area (Å²) in [5.74, 6) is 0. The average molecular weight is 243 g/mol. The highest BCUT2D eigenvalue weighted by Crippen LogP contribution is 1.97. The summed E-state index contributed by atoms with van der Waals surface area (Å²) in [6.45, 7) is 4.61. The van der Waals surface area contributed by atoms with Gasteiger partial charge >= 0.3 is 0 Å².